The quantitative estimate of drug-likeness (QED) is 0.717. The van der Waals surface area contributed by atoms with Gasteiger partial charge in [0.15, 0.2) is 5.72 Å². The van der Waals surface area contributed by atoms with Crippen LogP contribution in [0.1, 0.15) is 19.8 Å². The van der Waals surface area contributed by atoms with Crippen molar-refractivity contribution in [3.05, 3.63) is 12.1 Å². The van der Waals surface area contributed by atoms with Crippen LogP contribution in [0, 0.1) is 0 Å². The number of hydrogen-bond acceptors (Lipinski definition) is 6. The van der Waals surface area contributed by atoms with Crippen molar-refractivity contribution >= 4 is 11.5 Å². The van der Waals surface area contributed by atoms with Gasteiger partial charge in [0.2, 0.25) is 5.88 Å². The molecule has 1 aliphatic rings. The van der Waals surface area contributed by atoms with Gasteiger partial charge in [-0.2, -0.15) is 4.98 Å². The summed E-state index contributed by atoms with van der Waals surface area (Å²) >= 11 is 0. The Balaban J connectivity index is 2.30. The fourth-order valence-corrected chi connectivity index (χ4v) is 2.20. The Hall–Kier alpha value is -1.53. The van der Waals surface area contributed by atoms with Crippen LogP contribution in [0.25, 0.3) is 0 Å². The van der Waals surface area contributed by atoms with Gasteiger partial charge in [-0.3, -0.25) is 0 Å². The minimum atomic E-state index is -1.23. The van der Waals surface area contributed by atoms with Crippen molar-refractivity contribution in [1.82, 2.24) is 4.98 Å². The first-order chi connectivity index (χ1) is 8.60. The van der Waals surface area contributed by atoms with Crippen LogP contribution >= 0.6 is 0 Å². The molecular formula is C12H19N3O3. The number of aromatic nitrogens is 1. The molecule has 1 aromatic rings. The van der Waals surface area contributed by atoms with Crippen LogP contribution < -0.4 is 15.4 Å². The van der Waals surface area contributed by atoms with Gasteiger partial charge in [-0.05, 0) is 31.9 Å². The Morgan fingerprint density at radius 1 is 1.56 bits per heavy atom. The monoisotopic (exact) mass is 253 g/mol. The standard InChI is InChI=1S/C12H19N3O3/c1-2-18-11-9(13)4-5-10(14-11)15-7-3-6-12(15,17)8-16/h4-5,16-17H,2-3,6-8,13H2,1H3. The van der Waals surface area contributed by atoms with Gasteiger partial charge in [-0.15, -0.1) is 0 Å². The van der Waals surface area contributed by atoms with Gasteiger partial charge in [0, 0.05) is 6.54 Å². The molecule has 0 aliphatic carbocycles. The molecule has 6 nitrogen and oxygen atoms in total. The molecular weight excluding hydrogens is 234 g/mol. The van der Waals surface area contributed by atoms with E-state index < -0.39 is 5.72 Å². The fourth-order valence-electron chi connectivity index (χ4n) is 2.20. The van der Waals surface area contributed by atoms with E-state index in [4.69, 9.17) is 10.5 Å². The average Bonchev–Trinajstić information content (AvgIpc) is 2.75. The lowest BCUT2D eigenvalue weighted by atomic mass is 10.2. The van der Waals surface area contributed by atoms with Gasteiger partial charge >= 0.3 is 0 Å². The molecule has 1 fully saturated rings. The molecule has 0 aromatic carbocycles. The maximum absolute atomic E-state index is 10.3. The molecule has 0 saturated carbocycles. The van der Waals surface area contributed by atoms with Crippen molar-refractivity contribution in [2.75, 3.05) is 30.4 Å². The Kier molecular flexibility index (Phi) is 3.58. The lowest BCUT2D eigenvalue weighted by Gasteiger charge is -2.32. The molecule has 1 aliphatic heterocycles. The number of nitrogens with two attached hydrogens (primary N) is 1. The fraction of sp³-hybridized carbons (Fsp3) is 0.583. The van der Waals surface area contributed by atoms with E-state index in [9.17, 15) is 10.2 Å². The lowest BCUT2D eigenvalue weighted by Crippen LogP contribution is -2.47. The van der Waals surface area contributed by atoms with Crippen molar-refractivity contribution < 1.29 is 14.9 Å². The summed E-state index contributed by atoms with van der Waals surface area (Å²) in [5.74, 6) is 0.934. The molecule has 1 saturated heterocycles. The molecule has 1 unspecified atom stereocenters. The summed E-state index contributed by atoms with van der Waals surface area (Å²) in [6.45, 7) is 2.67. The predicted octanol–water partition coefficient (Wildman–Crippen LogP) is 0.344. The zero-order chi connectivity index (χ0) is 13.2. The highest BCUT2D eigenvalue weighted by atomic mass is 16.5. The second kappa shape index (κ2) is 4.99. The van der Waals surface area contributed by atoms with Gasteiger partial charge in [-0.1, -0.05) is 0 Å². The number of nitrogen functional groups attached to an aromatic ring is 1. The van der Waals surface area contributed by atoms with E-state index in [1.54, 1.807) is 17.0 Å². The van der Waals surface area contributed by atoms with E-state index in [0.717, 1.165) is 6.42 Å². The number of pyridine rings is 1. The number of anilines is 2. The van der Waals surface area contributed by atoms with Crippen LogP contribution in [0.4, 0.5) is 11.5 Å². The van der Waals surface area contributed by atoms with Gasteiger partial charge < -0.3 is 25.6 Å². The Bertz CT molecular complexity index is 427. The van der Waals surface area contributed by atoms with Crippen molar-refractivity contribution in [1.29, 1.82) is 0 Å². The molecule has 2 rings (SSSR count). The second-order valence-corrected chi connectivity index (χ2v) is 4.39. The highest BCUT2D eigenvalue weighted by molar-refractivity contribution is 5.55. The Morgan fingerprint density at radius 3 is 3.00 bits per heavy atom. The molecule has 0 amide bonds. The molecule has 0 spiro atoms. The van der Waals surface area contributed by atoms with E-state index >= 15 is 0 Å². The number of ether oxygens (including phenoxy) is 1. The summed E-state index contributed by atoms with van der Waals surface area (Å²) in [4.78, 5) is 5.98. The summed E-state index contributed by atoms with van der Waals surface area (Å²) in [5, 5.41) is 19.6. The van der Waals surface area contributed by atoms with Gasteiger partial charge in [0.05, 0.1) is 18.9 Å². The van der Waals surface area contributed by atoms with Crippen LogP contribution in [0.15, 0.2) is 12.1 Å². The van der Waals surface area contributed by atoms with Gasteiger partial charge in [0.1, 0.15) is 5.82 Å². The molecule has 2 heterocycles. The van der Waals surface area contributed by atoms with E-state index in [2.05, 4.69) is 4.98 Å². The zero-order valence-electron chi connectivity index (χ0n) is 10.5. The summed E-state index contributed by atoms with van der Waals surface area (Å²) in [6, 6.07) is 3.42. The van der Waals surface area contributed by atoms with E-state index in [1.165, 1.54) is 0 Å². The summed E-state index contributed by atoms with van der Waals surface area (Å²) in [6.07, 6.45) is 1.34. The largest absolute Gasteiger partial charge is 0.476 e. The van der Waals surface area contributed by atoms with Crippen molar-refractivity contribution in [2.45, 2.75) is 25.5 Å². The average molecular weight is 253 g/mol. The van der Waals surface area contributed by atoms with Crippen LogP contribution in [0.3, 0.4) is 0 Å². The van der Waals surface area contributed by atoms with Crippen LogP contribution in [-0.2, 0) is 0 Å². The van der Waals surface area contributed by atoms with E-state index in [0.29, 0.717) is 37.0 Å². The first-order valence-electron chi connectivity index (χ1n) is 6.11. The lowest BCUT2D eigenvalue weighted by molar-refractivity contribution is -0.00549. The third-order valence-corrected chi connectivity index (χ3v) is 3.15. The van der Waals surface area contributed by atoms with Gasteiger partial charge in [-0.25, -0.2) is 0 Å². The second-order valence-electron chi connectivity index (χ2n) is 4.39. The molecule has 1 aromatic heterocycles. The number of aliphatic hydroxyl groups excluding tert-OH is 1. The third kappa shape index (κ3) is 2.21. The maximum Gasteiger partial charge on any atom is 0.239 e. The summed E-state index contributed by atoms with van der Waals surface area (Å²) < 4.78 is 5.33. The third-order valence-electron chi connectivity index (χ3n) is 3.15. The summed E-state index contributed by atoms with van der Waals surface area (Å²) in [7, 11) is 0. The molecule has 1 atom stereocenters. The molecule has 0 bridgehead atoms. The first-order valence-corrected chi connectivity index (χ1v) is 6.11. The molecule has 0 radical (unpaired) electrons. The van der Waals surface area contributed by atoms with Crippen LogP contribution in [0.5, 0.6) is 5.88 Å². The molecule has 18 heavy (non-hydrogen) atoms. The maximum atomic E-state index is 10.3. The number of hydrogen-bond donors (Lipinski definition) is 3. The minimum absolute atomic E-state index is 0.316. The van der Waals surface area contributed by atoms with Crippen molar-refractivity contribution in [3.8, 4) is 5.88 Å². The highest BCUT2D eigenvalue weighted by Crippen LogP contribution is 2.33. The van der Waals surface area contributed by atoms with E-state index in [1.807, 2.05) is 6.92 Å². The number of rotatable bonds is 4. The number of aliphatic hydroxyl groups is 2. The number of nitrogens with zero attached hydrogens (tertiary/aromatic N) is 2. The minimum Gasteiger partial charge on any atom is -0.476 e. The Labute approximate surface area is 106 Å². The van der Waals surface area contributed by atoms with E-state index in [-0.39, 0.29) is 6.61 Å². The van der Waals surface area contributed by atoms with Crippen LogP contribution in [-0.4, -0.2) is 40.7 Å². The molecule has 6 heteroatoms. The van der Waals surface area contributed by atoms with Crippen molar-refractivity contribution in [2.24, 2.45) is 0 Å². The Morgan fingerprint density at radius 2 is 2.33 bits per heavy atom. The van der Waals surface area contributed by atoms with Gasteiger partial charge in [0.25, 0.3) is 0 Å². The molecule has 100 valence electrons. The van der Waals surface area contributed by atoms with Crippen molar-refractivity contribution in [3.63, 3.8) is 0 Å². The van der Waals surface area contributed by atoms with Crippen LogP contribution in [0.2, 0.25) is 0 Å². The topological polar surface area (TPSA) is 91.8 Å². The molecule has 4 N–H and O–H groups in total. The highest BCUT2D eigenvalue weighted by Gasteiger charge is 2.39. The SMILES string of the molecule is CCOc1nc(N2CCCC2(O)CO)ccc1N. The zero-order valence-corrected chi connectivity index (χ0v) is 10.5. The predicted molar refractivity (Wildman–Crippen MR) is 68.4 cm³/mol. The summed E-state index contributed by atoms with van der Waals surface area (Å²) in [5.41, 5.74) is 4.99. The normalized spacial score (nSPS) is 23.4. The first kappa shape index (κ1) is 12.9. The smallest absolute Gasteiger partial charge is 0.239 e.